The first-order valence-corrected chi connectivity index (χ1v) is 11.6. The van der Waals surface area contributed by atoms with Gasteiger partial charge in [-0.25, -0.2) is 0 Å². The van der Waals surface area contributed by atoms with Crippen LogP contribution < -0.4 is 0 Å². The van der Waals surface area contributed by atoms with Crippen LogP contribution in [-0.2, 0) is 10.8 Å². The predicted molar refractivity (Wildman–Crippen MR) is 138 cm³/mol. The van der Waals surface area contributed by atoms with Crippen molar-refractivity contribution in [2.75, 3.05) is 0 Å². The zero-order valence-corrected chi connectivity index (χ0v) is 20.0. The third kappa shape index (κ3) is 3.65. The Morgan fingerprint density at radius 3 is 1.68 bits per heavy atom. The summed E-state index contributed by atoms with van der Waals surface area (Å²) in [6, 6.07) is 31.2. The zero-order valence-electron chi connectivity index (χ0n) is 20.0. The Morgan fingerprint density at radius 1 is 0.618 bits per heavy atom. The number of aromatic hydroxyl groups is 1. The van der Waals surface area contributed by atoms with Crippen molar-refractivity contribution in [3.8, 4) is 16.9 Å². The van der Waals surface area contributed by atoms with Crippen molar-refractivity contribution in [3.63, 3.8) is 0 Å². The Kier molecular flexibility index (Phi) is 5.24. The lowest BCUT2D eigenvalue weighted by atomic mass is 9.72. The standard InChI is InChI=1S/C30H29N3O/c1-29(2,21-11-7-5-8-12-21)23-17-20(27-26(34)16-15-25-28(27)32-33-31-25)18-24(19-23)30(3,4)22-13-9-6-10-14-22/h5-19,34H,1-4H3,(H,31,32,33). The maximum absolute atomic E-state index is 10.9. The normalized spacial score (nSPS) is 12.2. The maximum Gasteiger partial charge on any atom is 0.125 e. The van der Waals surface area contributed by atoms with Crippen LogP contribution in [-0.4, -0.2) is 20.5 Å². The summed E-state index contributed by atoms with van der Waals surface area (Å²) in [4.78, 5) is 0. The molecular formula is C30H29N3O. The van der Waals surface area contributed by atoms with Gasteiger partial charge in [-0.3, -0.25) is 0 Å². The lowest BCUT2D eigenvalue weighted by molar-refractivity contribution is 0.478. The summed E-state index contributed by atoms with van der Waals surface area (Å²) in [7, 11) is 0. The first-order valence-electron chi connectivity index (χ1n) is 11.6. The fraction of sp³-hybridized carbons (Fsp3) is 0.200. The number of aromatic nitrogens is 3. The molecule has 2 N–H and O–H groups in total. The second kappa shape index (κ2) is 8.14. The molecule has 4 heteroatoms. The molecule has 0 radical (unpaired) electrons. The summed E-state index contributed by atoms with van der Waals surface area (Å²) in [5.41, 5.74) is 7.35. The summed E-state index contributed by atoms with van der Waals surface area (Å²) in [6.07, 6.45) is 0. The van der Waals surface area contributed by atoms with Crippen LogP contribution in [0.3, 0.4) is 0 Å². The van der Waals surface area contributed by atoms with Crippen molar-refractivity contribution in [2.24, 2.45) is 0 Å². The number of nitrogens with zero attached hydrogens (tertiary/aromatic N) is 2. The van der Waals surface area contributed by atoms with E-state index >= 15 is 0 Å². The van der Waals surface area contributed by atoms with Crippen molar-refractivity contribution >= 4 is 11.0 Å². The van der Waals surface area contributed by atoms with Crippen molar-refractivity contribution in [1.82, 2.24) is 15.4 Å². The minimum atomic E-state index is -0.244. The second-order valence-electron chi connectivity index (χ2n) is 9.93. The van der Waals surface area contributed by atoms with Crippen LogP contribution >= 0.6 is 0 Å². The van der Waals surface area contributed by atoms with Crippen molar-refractivity contribution in [1.29, 1.82) is 0 Å². The van der Waals surface area contributed by atoms with Gasteiger partial charge in [-0.05, 0) is 39.9 Å². The lowest BCUT2D eigenvalue weighted by Crippen LogP contribution is -2.23. The molecule has 170 valence electrons. The van der Waals surface area contributed by atoms with Crippen molar-refractivity contribution < 1.29 is 5.11 Å². The third-order valence-electron chi connectivity index (χ3n) is 7.12. The molecule has 0 atom stereocenters. The monoisotopic (exact) mass is 447 g/mol. The molecule has 0 saturated carbocycles. The number of phenolic OH excluding ortho intramolecular Hbond substituents is 1. The first-order chi connectivity index (χ1) is 16.3. The van der Waals surface area contributed by atoms with Gasteiger partial charge < -0.3 is 5.11 Å². The molecule has 0 unspecified atom stereocenters. The van der Waals surface area contributed by atoms with E-state index in [4.69, 9.17) is 0 Å². The summed E-state index contributed by atoms with van der Waals surface area (Å²) in [5.74, 6) is 0.194. The van der Waals surface area contributed by atoms with Crippen molar-refractivity contribution in [2.45, 2.75) is 38.5 Å². The summed E-state index contributed by atoms with van der Waals surface area (Å²) < 4.78 is 0. The lowest BCUT2D eigenvalue weighted by Gasteiger charge is -2.32. The van der Waals surface area contributed by atoms with E-state index in [0.717, 1.165) is 11.1 Å². The number of fused-ring (bicyclic) bond motifs is 1. The topological polar surface area (TPSA) is 61.8 Å². The molecule has 0 amide bonds. The Morgan fingerprint density at radius 2 is 1.15 bits per heavy atom. The fourth-order valence-corrected chi connectivity index (χ4v) is 4.72. The SMILES string of the molecule is CC(C)(c1ccccc1)c1cc(-c2c(O)ccc3n[nH]nc23)cc(C(C)(C)c2ccccc2)c1. The van der Waals surface area contributed by atoms with Gasteiger partial charge in [0.25, 0.3) is 0 Å². The third-order valence-corrected chi connectivity index (χ3v) is 7.12. The molecule has 0 aliphatic rings. The largest absolute Gasteiger partial charge is 0.507 e. The molecule has 1 aromatic heterocycles. The number of H-pyrrole nitrogens is 1. The summed E-state index contributed by atoms with van der Waals surface area (Å²) >= 11 is 0. The Bertz CT molecular complexity index is 1380. The van der Waals surface area contributed by atoms with E-state index in [1.54, 1.807) is 12.1 Å². The molecule has 34 heavy (non-hydrogen) atoms. The quantitative estimate of drug-likeness (QED) is 0.305. The Hall–Kier alpha value is -3.92. The molecule has 4 nitrogen and oxygen atoms in total. The average molecular weight is 448 g/mol. The number of rotatable bonds is 5. The molecule has 0 saturated heterocycles. The van der Waals surface area contributed by atoms with Gasteiger partial charge in [-0.15, -0.1) is 0 Å². The van der Waals surface area contributed by atoms with Gasteiger partial charge in [0.1, 0.15) is 16.8 Å². The molecule has 1 heterocycles. The Labute approximate surface area is 200 Å². The molecule has 0 spiro atoms. The smallest absolute Gasteiger partial charge is 0.125 e. The van der Waals surface area contributed by atoms with E-state index in [1.807, 2.05) is 12.1 Å². The summed E-state index contributed by atoms with van der Waals surface area (Å²) in [6.45, 7) is 8.99. The molecule has 0 bridgehead atoms. The maximum atomic E-state index is 10.9. The number of aromatic amines is 1. The van der Waals surface area contributed by atoms with Gasteiger partial charge in [-0.1, -0.05) is 107 Å². The minimum Gasteiger partial charge on any atom is -0.507 e. The Balaban J connectivity index is 1.79. The molecular weight excluding hydrogens is 418 g/mol. The summed E-state index contributed by atoms with van der Waals surface area (Å²) in [5, 5.41) is 22.2. The number of hydrogen-bond donors (Lipinski definition) is 2. The number of nitrogens with one attached hydrogen (secondary N) is 1. The zero-order chi connectivity index (χ0) is 23.9. The average Bonchev–Trinajstić information content (AvgIpc) is 3.33. The van der Waals surface area contributed by atoms with Crippen LogP contribution in [0.25, 0.3) is 22.2 Å². The van der Waals surface area contributed by atoms with Crippen LogP contribution in [0.2, 0.25) is 0 Å². The van der Waals surface area contributed by atoms with Gasteiger partial charge >= 0.3 is 0 Å². The highest BCUT2D eigenvalue weighted by atomic mass is 16.3. The molecule has 4 aromatic carbocycles. The second-order valence-corrected chi connectivity index (χ2v) is 9.93. The van der Waals surface area contributed by atoms with Gasteiger partial charge in [0, 0.05) is 10.8 Å². The number of benzene rings is 4. The van der Waals surface area contributed by atoms with Gasteiger partial charge in [-0.2, -0.15) is 15.4 Å². The highest BCUT2D eigenvalue weighted by Gasteiger charge is 2.29. The molecule has 5 aromatic rings. The van der Waals surface area contributed by atoms with Crippen LogP contribution in [0.5, 0.6) is 5.75 Å². The predicted octanol–water partition coefficient (Wildman–Crippen LogP) is 6.98. The van der Waals surface area contributed by atoms with E-state index in [0.29, 0.717) is 11.1 Å². The molecule has 5 rings (SSSR count). The molecule has 0 aliphatic heterocycles. The molecule has 0 fully saturated rings. The first kappa shape index (κ1) is 21.9. The van der Waals surface area contributed by atoms with Crippen LogP contribution in [0, 0.1) is 0 Å². The number of phenols is 1. The van der Waals surface area contributed by atoms with Crippen LogP contribution in [0.1, 0.15) is 49.9 Å². The fourth-order valence-electron chi connectivity index (χ4n) is 4.72. The van der Waals surface area contributed by atoms with E-state index in [1.165, 1.54) is 22.3 Å². The highest BCUT2D eigenvalue weighted by molar-refractivity contribution is 5.95. The van der Waals surface area contributed by atoms with E-state index in [2.05, 4.69) is 110 Å². The van der Waals surface area contributed by atoms with Gasteiger partial charge in [0.15, 0.2) is 0 Å². The van der Waals surface area contributed by atoms with E-state index in [-0.39, 0.29) is 16.6 Å². The van der Waals surface area contributed by atoms with Gasteiger partial charge in [0.05, 0.1) is 5.56 Å². The molecule has 0 aliphatic carbocycles. The number of hydrogen-bond acceptors (Lipinski definition) is 3. The highest BCUT2D eigenvalue weighted by Crippen LogP contribution is 2.42. The van der Waals surface area contributed by atoms with Gasteiger partial charge in [0.2, 0.25) is 0 Å². The van der Waals surface area contributed by atoms with E-state index < -0.39 is 0 Å². The van der Waals surface area contributed by atoms with Crippen LogP contribution in [0.15, 0.2) is 91.0 Å². The van der Waals surface area contributed by atoms with Crippen molar-refractivity contribution in [3.05, 3.63) is 113 Å². The van der Waals surface area contributed by atoms with E-state index in [9.17, 15) is 5.11 Å². The van der Waals surface area contributed by atoms with Crippen LogP contribution in [0.4, 0.5) is 0 Å². The minimum absolute atomic E-state index is 0.194.